The van der Waals surface area contributed by atoms with Crippen LogP contribution in [0.3, 0.4) is 0 Å². The van der Waals surface area contributed by atoms with Gasteiger partial charge in [0.25, 0.3) is 5.22 Å². The molecule has 3 atom stereocenters. The van der Waals surface area contributed by atoms with Gasteiger partial charge in [0, 0.05) is 36.7 Å². The number of thioether (sulfide) groups is 1. The van der Waals surface area contributed by atoms with Crippen molar-refractivity contribution in [2.24, 2.45) is 11.7 Å². The molecule has 0 bridgehead atoms. The van der Waals surface area contributed by atoms with E-state index < -0.39 is 34.8 Å². The van der Waals surface area contributed by atoms with Gasteiger partial charge in [-0.25, -0.2) is 8.78 Å². The number of rotatable bonds is 13. The number of aryl methyl sites for hydroxylation is 1. The number of carboxylic acid groups (broad SMARTS) is 1. The molecule has 0 radical (unpaired) electrons. The number of nitrogens with zero attached hydrogens (tertiary/aromatic N) is 2. The molecule has 4 aromatic rings. The predicted molar refractivity (Wildman–Crippen MR) is 146 cm³/mol. The molecule has 7 nitrogen and oxygen atoms in total. The van der Waals surface area contributed by atoms with E-state index in [9.17, 15) is 18.7 Å². The van der Waals surface area contributed by atoms with E-state index in [1.54, 1.807) is 0 Å². The molecule has 0 fully saturated rings. The third-order valence-electron chi connectivity index (χ3n) is 6.34. The van der Waals surface area contributed by atoms with Gasteiger partial charge in [-0.3, -0.25) is 4.79 Å². The number of carbonyl (C=O) groups is 1. The van der Waals surface area contributed by atoms with Crippen LogP contribution in [0.5, 0.6) is 0 Å². The van der Waals surface area contributed by atoms with Crippen LogP contribution < -0.4 is 11.1 Å². The van der Waals surface area contributed by atoms with Gasteiger partial charge in [-0.1, -0.05) is 49.4 Å². The van der Waals surface area contributed by atoms with E-state index in [0.29, 0.717) is 17.7 Å². The molecule has 204 valence electrons. The summed E-state index contributed by atoms with van der Waals surface area (Å²) < 4.78 is 33.4. The molecule has 1 unspecified atom stereocenters. The molecule has 10 heteroatoms. The van der Waals surface area contributed by atoms with Gasteiger partial charge >= 0.3 is 5.97 Å². The topological polar surface area (TPSA) is 114 Å². The zero-order valence-corrected chi connectivity index (χ0v) is 22.2. The highest BCUT2D eigenvalue weighted by Crippen LogP contribution is 2.32. The van der Waals surface area contributed by atoms with Crippen molar-refractivity contribution in [3.63, 3.8) is 0 Å². The van der Waals surface area contributed by atoms with Gasteiger partial charge in [0.05, 0.1) is 0 Å². The summed E-state index contributed by atoms with van der Waals surface area (Å²) in [5.41, 5.74) is 9.84. The zero-order chi connectivity index (χ0) is 27.8. The first-order valence-corrected chi connectivity index (χ1v) is 13.5. The van der Waals surface area contributed by atoms with Crippen LogP contribution >= 0.6 is 11.8 Å². The van der Waals surface area contributed by atoms with E-state index in [2.05, 4.69) is 28.5 Å². The SMILES string of the molecule is CCc1cccc(CNC[C@H](C(N)Cc2cc(F)cc(F)c2)[C@H](Sc2nnc(-c3ccccc3)o2)C(=O)O)c1. The number of carboxylic acids is 1. The molecule has 0 saturated carbocycles. The number of nitrogens with one attached hydrogen (secondary N) is 1. The Kier molecular flexibility index (Phi) is 9.80. The van der Waals surface area contributed by atoms with Crippen molar-refractivity contribution in [1.29, 1.82) is 0 Å². The summed E-state index contributed by atoms with van der Waals surface area (Å²) in [5.74, 6) is -2.93. The van der Waals surface area contributed by atoms with Gasteiger partial charge in [0.1, 0.15) is 16.9 Å². The minimum absolute atomic E-state index is 0.0792. The lowest BCUT2D eigenvalue weighted by molar-refractivity contribution is -0.137. The van der Waals surface area contributed by atoms with Gasteiger partial charge in [0.15, 0.2) is 0 Å². The fraction of sp³-hybridized carbons (Fsp3) is 0.276. The van der Waals surface area contributed by atoms with Crippen LogP contribution in [0.4, 0.5) is 8.78 Å². The van der Waals surface area contributed by atoms with Gasteiger partial charge in [-0.05, 0) is 65.6 Å². The Bertz CT molecular complexity index is 1370. The average Bonchev–Trinajstić information content (AvgIpc) is 3.39. The largest absolute Gasteiger partial charge is 0.480 e. The Morgan fingerprint density at radius 2 is 1.72 bits per heavy atom. The van der Waals surface area contributed by atoms with E-state index in [0.717, 1.165) is 29.8 Å². The molecular formula is C29H30F2N4O3S. The van der Waals surface area contributed by atoms with E-state index in [1.807, 2.05) is 48.5 Å². The van der Waals surface area contributed by atoms with Crippen LogP contribution in [0.25, 0.3) is 11.5 Å². The second kappa shape index (κ2) is 13.5. The maximum atomic E-state index is 13.8. The van der Waals surface area contributed by atoms with Crippen molar-refractivity contribution in [1.82, 2.24) is 15.5 Å². The Balaban J connectivity index is 1.55. The van der Waals surface area contributed by atoms with Crippen LogP contribution in [0.2, 0.25) is 0 Å². The molecule has 4 N–H and O–H groups in total. The van der Waals surface area contributed by atoms with Crippen molar-refractivity contribution in [2.75, 3.05) is 6.54 Å². The van der Waals surface area contributed by atoms with Crippen LogP contribution in [-0.4, -0.2) is 39.1 Å². The second-order valence-corrected chi connectivity index (χ2v) is 10.3. The van der Waals surface area contributed by atoms with Crippen LogP contribution in [0.1, 0.15) is 23.6 Å². The fourth-order valence-corrected chi connectivity index (χ4v) is 5.37. The van der Waals surface area contributed by atoms with Crippen molar-refractivity contribution in [3.05, 3.63) is 101 Å². The second-order valence-electron chi connectivity index (χ2n) is 9.23. The Morgan fingerprint density at radius 3 is 2.41 bits per heavy atom. The molecule has 0 spiro atoms. The minimum atomic E-state index is -1.11. The van der Waals surface area contributed by atoms with E-state index >= 15 is 0 Å². The van der Waals surface area contributed by atoms with E-state index in [4.69, 9.17) is 10.2 Å². The molecule has 0 aliphatic rings. The normalized spacial score (nSPS) is 13.6. The average molecular weight is 553 g/mol. The molecule has 0 aliphatic heterocycles. The van der Waals surface area contributed by atoms with Crippen LogP contribution in [-0.2, 0) is 24.2 Å². The fourth-order valence-electron chi connectivity index (χ4n) is 4.36. The summed E-state index contributed by atoms with van der Waals surface area (Å²) in [6.45, 7) is 2.81. The Labute approximate surface area is 229 Å². The van der Waals surface area contributed by atoms with Gasteiger partial charge < -0.3 is 20.6 Å². The highest BCUT2D eigenvalue weighted by Gasteiger charge is 2.35. The third-order valence-corrected chi connectivity index (χ3v) is 7.51. The first-order valence-electron chi connectivity index (χ1n) is 12.6. The van der Waals surface area contributed by atoms with Crippen LogP contribution in [0.15, 0.2) is 82.4 Å². The molecular weight excluding hydrogens is 522 g/mol. The van der Waals surface area contributed by atoms with E-state index in [1.165, 1.54) is 17.7 Å². The lowest BCUT2D eigenvalue weighted by atomic mass is 9.90. The van der Waals surface area contributed by atoms with Crippen LogP contribution in [0, 0.1) is 17.6 Å². The first kappa shape index (κ1) is 28.4. The lowest BCUT2D eigenvalue weighted by Crippen LogP contribution is -2.46. The number of nitrogens with two attached hydrogens (primary N) is 1. The minimum Gasteiger partial charge on any atom is -0.480 e. The standard InChI is InChI=1S/C29H30F2N4O3S/c1-2-18-7-6-8-19(11-18)16-33-17-24(25(32)14-20-12-22(30)15-23(31)13-20)26(28(36)37)39-29-35-34-27(38-29)21-9-4-3-5-10-21/h3-13,15,24-26,33H,2,14,16-17,32H2,1H3,(H,36,37)/t24-,25?,26+/m1/s1. The zero-order valence-electron chi connectivity index (χ0n) is 21.4. The molecule has 0 amide bonds. The van der Waals surface area contributed by atoms with Crippen molar-refractivity contribution in [2.45, 2.75) is 42.8 Å². The molecule has 1 heterocycles. The summed E-state index contributed by atoms with van der Waals surface area (Å²) in [7, 11) is 0. The Morgan fingerprint density at radius 1 is 1.00 bits per heavy atom. The number of aliphatic carboxylic acids is 1. The van der Waals surface area contributed by atoms with Gasteiger partial charge in [-0.15, -0.1) is 10.2 Å². The first-order chi connectivity index (χ1) is 18.8. The maximum absolute atomic E-state index is 13.8. The summed E-state index contributed by atoms with van der Waals surface area (Å²) in [6.07, 6.45) is 0.980. The van der Waals surface area contributed by atoms with Gasteiger partial charge in [-0.2, -0.15) is 0 Å². The summed E-state index contributed by atoms with van der Waals surface area (Å²) in [6, 6.07) is 19.7. The molecule has 0 saturated heterocycles. The van der Waals surface area contributed by atoms with Crippen molar-refractivity contribution < 1.29 is 23.1 Å². The quantitative estimate of drug-likeness (QED) is 0.196. The highest BCUT2D eigenvalue weighted by molar-refractivity contribution is 8.00. The molecule has 0 aliphatic carbocycles. The number of aromatic nitrogens is 2. The summed E-state index contributed by atoms with van der Waals surface area (Å²) >= 11 is 0.910. The van der Waals surface area contributed by atoms with Gasteiger partial charge in [0.2, 0.25) is 5.89 Å². The molecule has 1 aromatic heterocycles. The van der Waals surface area contributed by atoms with E-state index in [-0.39, 0.29) is 24.1 Å². The number of halogens is 2. The lowest BCUT2D eigenvalue weighted by Gasteiger charge is -2.29. The monoisotopic (exact) mass is 552 g/mol. The third kappa shape index (κ3) is 7.95. The van der Waals surface area contributed by atoms with Crippen molar-refractivity contribution >= 4 is 17.7 Å². The maximum Gasteiger partial charge on any atom is 0.317 e. The summed E-state index contributed by atoms with van der Waals surface area (Å²) in [5, 5.41) is 20.6. The number of benzene rings is 3. The molecule has 39 heavy (non-hydrogen) atoms. The van der Waals surface area contributed by atoms with Crippen molar-refractivity contribution in [3.8, 4) is 11.5 Å². The predicted octanol–water partition coefficient (Wildman–Crippen LogP) is 5.10. The molecule has 4 rings (SSSR count). The Hall–Kier alpha value is -3.60. The smallest absolute Gasteiger partial charge is 0.317 e. The summed E-state index contributed by atoms with van der Waals surface area (Å²) in [4.78, 5) is 12.5. The molecule has 3 aromatic carbocycles. The number of hydrogen-bond acceptors (Lipinski definition) is 7. The number of hydrogen-bond donors (Lipinski definition) is 3. The highest BCUT2D eigenvalue weighted by atomic mass is 32.2.